The average Bonchev–Trinajstić information content (AvgIpc) is 3.87. The van der Waals surface area contributed by atoms with Gasteiger partial charge in [-0.25, -0.2) is 4.98 Å². The zero-order chi connectivity index (χ0) is 43.4. The van der Waals surface area contributed by atoms with Crippen LogP contribution in [0.3, 0.4) is 0 Å². The zero-order valence-electron chi connectivity index (χ0n) is 36.6. The van der Waals surface area contributed by atoms with Crippen molar-refractivity contribution in [2.45, 2.75) is 33.1 Å². The predicted molar refractivity (Wildman–Crippen MR) is 264 cm³/mol. The largest absolute Gasteiger partial charge is 0.509 e. The van der Waals surface area contributed by atoms with Crippen LogP contribution < -0.4 is 14.5 Å². The number of benzene rings is 8. The minimum atomic E-state index is -0.0117. The van der Waals surface area contributed by atoms with E-state index in [1.165, 1.54) is 5.56 Å². The van der Waals surface area contributed by atoms with Gasteiger partial charge in [0, 0.05) is 78.0 Å². The number of hydrogen-bond donors (Lipinski definition) is 0. The smallest absolute Gasteiger partial charge is 0.135 e. The minimum absolute atomic E-state index is 0. The van der Waals surface area contributed by atoms with E-state index in [0.717, 1.165) is 89.3 Å². The maximum atomic E-state index is 6.71. The summed E-state index contributed by atoms with van der Waals surface area (Å²) >= 11 is 0. The maximum absolute atomic E-state index is 6.71. The molecule has 1 aliphatic heterocycles. The van der Waals surface area contributed by atoms with Gasteiger partial charge in [0.25, 0.3) is 0 Å². The number of fused-ring (bicyclic) bond motifs is 4. The second-order valence-corrected chi connectivity index (χ2v) is 17.4. The van der Waals surface area contributed by atoms with Crippen LogP contribution in [-0.2, 0) is 26.5 Å². The molecular weight excluding hydrogens is 976 g/mol. The van der Waals surface area contributed by atoms with Gasteiger partial charge in [-0.15, -0.1) is 48.1 Å². The third-order valence-corrected chi connectivity index (χ3v) is 12.2. The Morgan fingerprint density at radius 1 is 0.538 bits per heavy atom. The molecule has 65 heavy (non-hydrogen) atoms. The van der Waals surface area contributed by atoms with E-state index in [-0.39, 0.29) is 26.5 Å². The second-order valence-electron chi connectivity index (χ2n) is 17.4. The number of nitrogens with zero attached hydrogens (tertiary/aromatic N) is 4. The molecule has 2 aromatic heterocycles. The molecule has 0 N–H and O–H groups in total. The topological polar surface area (TPSA) is 33.5 Å². The molecular formula is C59H45N4OPt-3. The maximum Gasteiger partial charge on any atom is 0.135 e. The fourth-order valence-corrected chi connectivity index (χ4v) is 9.01. The van der Waals surface area contributed by atoms with Gasteiger partial charge in [-0.05, 0) is 69.8 Å². The van der Waals surface area contributed by atoms with Crippen molar-refractivity contribution in [1.29, 1.82) is 0 Å². The third kappa shape index (κ3) is 7.70. The molecule has 0 saturated carbocycles. The molecule has 0 unspecified atom stereocenters. The van der Waals surface area contributed by atoms with E-state index in [1.54, 1.807) is 0 Å². The van der Waals surface area contributed by atoms with Crippen molar-refractivity contribution >= 4 is 44.6 Å². The number of anilines is 4. The Hall–Kier alpha value is -7.20. The van der Waals surface area contributed by atoms with Crippen LogP contribution >= 0.6 is 0 Å². The van der Waals surface area contributed by atoms with Gasteiger partial charge < -0.3 is 19.1 Å². The summed E-state index contributed by atoms with van der Waals surface area (Å²) in [6.45, 7) is 11.1. The van der Waals surface area contributed by atoms with Crippen LogP contribution in [0.15, 0.2) is 194 Å². The Labute approximate surface area is 395 Å². The number of rotatable bonds is 8. The molecule has 5 nitrogen and oxygen atoms in total. The standard InChI is InChI=1S/C59H45N4O.Pt/c1-40-34-57(60-38-52(40)43-22-12-7-13-23-43)63-53-33-30-44(59(2,3)4)35-51(53)50-32-31-47(37-56(50)63)64-46-25-16-24-45(36-46)61-39-62(55-29-15-14-28-54(55)61)58-48(41-18-8-5-9-19-41)26-17-27-49(58)42-20-10-6-11-21-42;/h5-35,38-39H,1-4H3;/q-3;. The number of hydrogen-bond acceptors (Lipinski definition) is 4. The van der Waals surface area contributed by atoms with Gasteiger partial charge in [0.05, 0.1) is 0 Å². The van der Waals surface area contributed by atoms with Crippen LogP contribution in [0.4, 0.5) is 22.7 Å². The third-order valence-electron chi connectivity index (χ3n) is 12.2. The number of ether oxygens (including phenoxy) is 1. The van der Waals surface area contributed by atoms with E-state index < -0.39 is 0 Å². The van der Waals surface area contributed by atoms with Crippen molar-refractivity contribution < 1.29 is 25.8 Å². The summed E-state index contributed by atoms with van der Waals surface area (Å²) in [5.74, 6) is 2.01. The Kier molecular flexibility index (Phi) is 11.0. The Bertz CT molecular complexity index is 3280. The summed E-state index contributed by atoms with van der Waals surface area (Å²) in [6, 6.07) is 73.3. The minimum Gasteiger partial charge on any atom is -0.509 e. The summed E-state index contributed by atoms with van der Waals surface area (Å²) in [5, 5.41) is 2.24. The van der Waals surface area contributed by atoms with Crippen molar-refractivity contribution in [2.75, 3.05) is 9.80 Å². The summed E-state index contributed by atoms with van der Waals surface area (Å²) < 4.78 is 8.92. The SMILES string of the molecule is Cc1cc(-n2c3[c-]c(Oc4[c-]c(N5[CH-]N(c6c(-c7ccccc7)cccc6-c6ccccc6)c6ccccc65)ccc4)ccc3c3cc(C(C)(C)C)ccc32)ncc1-c1ccccc1.[Pt]. The number of pyridine rings is 1. The summed E-state index contributed by atoms with van der Waals surface area (Å²) in [4.78, 5) is 9.59. The predicted octanol–water partition coefficient (Wildman–Crippen LogP) is 15.6. The van der Waals surface area contributed by atoms with Gasteiger partial charge in [-0.3, -0.25) is 0 Å². The molecule has 0 saturated heterocycles. The first-order valence-electron chi connectivity index (χ1n) is 21.8. The van der Waals surface area contributed by atoms with E-state index in [2.05, 4.69) is 225 Å². The van der Waals surface area contributed by atoms with Gasteiger partial charge in [0.2, 0.25) is 0 Å². The van der Waals surface area contributed by atoms with Gasteiger partial charge in [-0.1, -0.05) is 160 Å². The Morgan fingerprint density at radius 2 is 1.12 bits per heavy atom. The van der Waals surface area contributed by atoms with Crippen LogP contribution in [0.5, 0.6) is 11.5 Å². The molecule has 0 amide bonds. The second kappa shape index (κ2) is 17.1. The van der Waals surface area contributed by atoms with Gasteiger partial charge >= 0.3 is 0 Å². The van der Waals surface area contributed by atoms with E-state index in [9.17, 15) is 0 Å². The van der Waals surface area contributed by atoms with E-state index in [0.29, 0.717) is 11.5 Å². The molecule has 0 fully saturated rings. The van der Waals surface area contributed by atoms with Crippen molar-refractivity contribution in [3.05, 3.63) is 224 Å². The zero-order valence-corrected chi connectivity index (χ0v) is 38.8. The average molecular weight is 1020 g/mol. The molecule has 0 bridgehead atoms. The van der Waals surface area contributed by atoms with E-state index in [4.69, 9.17) is 9.72 Å². The molecule has 0 spiro atoms. The van der Waals surface area contributed by atoms with Crippen molar-refractivity contribution in [2.24, 2.45) is 0 Å². The van der Waals surface area contributed by atoms with Crippen LogP contribution in [-0.4, -0.2) is 9.55 Å². The molecule has 0 atom stereocenters. The number of para-hydroxylation sites is 3. The van der Waals surface area contributed by atoms with Crippen LogP contribution in [0, 0.1) is 25.7 Å². The first-order chi connectivity index (χ1) is 31.3. The van der Waals surface area contributed by atoms with Crippen LogP contribution in [0.25, 0.3) is 61.0 Å². The molecule has 0 aliphatic carbocycles. The molecule has 3 heterocycles. The van der Waals surface area contributed by atoms with Gasteiger partial charge in [0.15, 0.2) is 0 Å². The molecule has 8 aromatic carbocycles. The molecule has 320 valence electrons. The van der Waals surface area contributed by atoms with Crippen LogP contribution in [0.2, 0.25) is 0 Å². The quantitative estimate of drug-likeness (QED) is 0.142. The van der Waals surface area contributed by atoms with Crippen molar-refractivity contribution in [3.63, 3.8) is 0 Å². The van der Waals surface area contributed by atoms with Gasteiger partial charge in [0.1, 0.15) is 5.82 Å². The molecule has 6 heteroatoms. The number of aryl methyl sites for hydroxylation is 1. The molecule has 1 aliphatic rings. The molecule has 10 aromatic rings. The first-order valence-corrected chi connectivity index (χ1v) is 21.8. The van der Waals surface area contributed by atoms with Gasteiger partial charge in [-0.2, -0.15) is 12.1 Å². The van der Waals surface area contributed by atoms with Crippen molar-refractivity contribution in [3.8, 4) is 50.7 Å². The Morgan fingerprint density at radius 3 is 1.75 bits per heavy atom. The Balaban J connectivity index is 0.00000498. The number of aromatic nitrogens is 2. The van der Waals surface area contributed by atoms with E-state index in [1.807, 2.05) is 30.5 Å². The molecule has 11 rings (SSSR count). The summed E-state index contributed by atoms with van der Waals surface area (Å²) in [5.41, 5.74) is 15.3. The fraction of sp³-hybridized carbons (Fsp3) is 0.0847. The van der Waals surface area contributed by atoms with Crippen molar-refractivity contribution in [1.82, 2.24) is 9.55 Å². The first kappa shape index (κ1) is 41.8. The van der Waals surface area contributed by atoms with Crippen LogP contribution in [0.1, 0.15) is 31.9 Å². The van der Waals surface area contributed by atoms with E-state index >= 15 is 0 Å². The molecule has 0 radical (unpaired) electrons. The summed E-state index contributed by atoms with van der Waals surface area (Å²) in [6.07, 6.45) is 1.99. The monoisotopic (exact) mass is 1020 g/mol. The fourth-order valence-electron chi connectivity index (χ4n) is 9.01. The summed E-state index contributed by atoms with van der Waals surface area (Å²) in [7, 11) is 0. The normalized spacial score (nSPS) is 12.4.